The van der Waals surface area contributed by atoms with Crippen LogP contribution in [0.1, 0.15) is 6.92 Å². The SMILES string of the molecule is CC(=O)NC(Cn1ccc2ccc(Cl)cc21)C(=O)O. The molecule has 0 spiro atoms. The molecule has 100 valence electrons. The van der Waals surface area contributed by atoms with Crippen LogP contribution in [0.3, 0.4) is 0 Å². The van der Waals surface area contributed by atoms with Gasteiger partial charge in [-0.1, -0.05) is 17.7 Å². The predicted octanol–water partition coefficient (Wildman–Crippen LogP) is 1.88. The average molecular weight is 281 g/mol. The lowest BCUT2D eigenvalue weighted by molar-refractivity contribution is -0.141. The summed E-state index contributed by atoms with van der Waals surface area (Å²) < 4.78 is 1.76. The van der Waals surface area contributed by atoms with Gasteiger partial charge in [-0.15, -0.1) is 0 Å². The summed E-state index contributed by atoms with van der Waals surface area (Å²) in [5, 5.41) is 13.0. The molecule has 0 aliphatic rings. The summed E-state index contributed by atoms with van der Waals surface area (Å²) in [5.74, 6) is -1.44. The van der Waals surface area contributed by atoms with Crippen LogP contribution in [-0.2, 0) is 16.1 Å². The van der Waals surface area contributed by atoms with Crippen LogP contribution in [0.5, 0.6) is 0 Å². The zero-order chi connectivity index (χ0) is 14.0. The molecule has 0 aliphatic heterocycles. The number of hydrogen-bond donors (Lipinski definition) is 2. The number of carboxylic acid groups (broad SMARTS) is 1. The highest BCUT2D eigenvalue weighted by Crippen LogP contribution is 2.20. The number of aromatic nitrogens is 1. The van der Waals surface area contributed by atoms with E-state index in [1.807, 2.05) is 12.1 Å². The van der Waals surface area contributed by atoms with Crippen LogP contribution in [0.4, 0.5) is 0 Å². The maximum atomic E-state index is 11.1. The predicted molar refractivity (Wildman–Crippen MR) is 72.2 cm³/mol. The first-order chi connectivity index (χ1) is 8.97. The Hall–Kier alpha value is -2.01. The molecule has 0 radical (unpaired) electrons. The van der Waals surface area contributed by atoms with Gasteiger partial charge in [-0.3, -0.25) is 4.79 Å². The molecule has 1 amide bonds. The van der Waals surface area contributed by atoms with Gasteiger partial charge in [0.15, 0.2) is 0 Å². The van der Waals surface area contributed by atoms with Crippen molar-refractivity contribution in [3.05, 3.63) is 35.5 Å². The first-order valence-corrected chi connectivity index (χ1v) is 6.09. The first-order valence-electron chi connectivity index (χ1n) is 5.71. The highest BCUT2D eigenvalue weighted by atomic mass is 35.5. The molecule has 0 saturated carbocycles. The number of benzene rings is 1. The second-order valence-corrected chi connectivity index (χ2v) is 4.70. The van der Waals surface area contributed by atoms with E-state index in [4.69, 9.17) is 16.7 Å². The maximum absolute atomic E-state index is 11.1. The normalized spacial score (nSPS) is 12.3. The van der Waals surface area contributed by atoms with Crippen LogP contribution < -0.4 is 5.32 Å². The van der Waals surface area contributed by atoms with E-state index in [1.54, 1.807) is 22.9 Å². The topological polar surface area (TPSA) is 71.3 Å². The minimum Gasteiger partial charge on any atom is -0.480 e. The van der Waals surface area contributed by atoms with Crippen molar-refractivity contribution in [3.63, 3.8) is 0 Å². The maximum Gasteiger partial charge on any atom is 0.328 e. The second-order valence-electron chi connectivity index (χ2n) is 4.26. The summed E-state index contributed by atoms with van der Waals surface area (Å²) in [5.41, 5.74) is 0.837. The van der Waals surface area contributed by atoms with Gasteiger partial charge in [0.05, 0.1) is 6.54 Å². The Kier molecular flexibility index (Phi) is 3.76. The van der Waals surface area contributed by atoms with E-state index < -0.39 is 12.0 Å². The van der Waals surface area contributed by atoms with Crippen LogP contribution in [-0.4, -0.2) is 27.6 Å². The number of aliphatic carboxylic acids is 1. The lowest BCUT2D eigenvalue weighted by Gasteiger charge is -2.15. The number of fused-ring (bicyclic) bond motifs is 1. The Morgan fingerprint density at radius 1 is 1.42 bits per heavy atom. The molecule has 1 aromatic heterocycles. The molecule has 0 aliphatic carbocycles. The van der Waals surface area contributed by atoms with Gasteiger partial charge < -0.3 is 15.0 Å². The number of nitrogens with one attached hydrogen (secondary N) is 1. The van der Waals surface area contributed by atoms with Gasteiger partial charge in [-0.2, -0.15) is 0 Å². The Morgan fingerprint density at radius 2 is 2.16 bits per heavy atom. The van der Waals surface area contributed by atoms with E-state index >= 15 is 0 Å². The second kappa shape index (κ2) is 5.32. The number of hydrogen-bond acceptors (Lipinski definition) is 2. The smallest absolute Gasteiger partial charge is 0.328 e. The summed E-state index contributed by atoms with van der Waals surface area (Å²) in [6.07, 6.45) is 1.78. The van der Waals surface area contributed by atoms with E-state index in [0.717, 1.165) is 10.9 Å². The fourth-order valence-corrected chi connectivity index (χ4v) is 2.11. The zero-order valence-electron chi connectivity index (χ0n) is 10.3. The summed E-state index contributed by atoms with van der Waals surface area (Å²) >= 11 is 5.93. The highest BCUT2D eigenvalue weighted by molar-refractivity contribution is 6.31. The van der Waals surface area contributed by atoms with Crippen molar-refractivity contribution in [1.29, 1.82) is 0 Å². The third kappa shape index (κ3) is 3.06. The number of carboxylic acids is 1. The number of halogens is 1. The molecule has 1 atom stereocenters. The molecule has 1 heterocycles. The van der Waals surface area contributed by atoms with Gasteiger partial charge >= 0.3 is 5.97 Å². The van der Waals surface area contributed by atoms with Crippen LogP contribution >= 0.6 is 11.6 Å². The van der Waals surface area contributed by atoms with Gasteiger partial charge in [-0.05, 0) is 23.6 Å². The van der Waals surface area contributed by atoms with E-state index in [2.05, 4.69) is 5.32 Å². The quantitative estimate of drug-likeness (QED) is 0.898. The molecule has 2 N–H and O–H groups in total. The largest absolute Gasteiger partial charge is 0.480 e. The van der Waals surface area contributed by atoms with Gasteiger partial charge in [0, 0.05) is 23.7 Å². The Bertz CT molecular complexity index is 636. The van der Waals surface area contributed by atoms with Crippen LogP contribution in [0, 0.1) is 0 Å². The molecule has 1 unspecified atom stereocenters. The summed E-state index contributed by atoms with van der Waals surface area (Å²) in [6.45, 7) is 1.44. The standard InChI is InChI=1S/C13H13ClN2O3/c1-8(17)15-11(13(18)19)7-16-5-4-9-2-3-10(14)6-12(9)16/h2-6,11H,7H2,1H3,(H,15,17)(H,18,19). The Labute approximate surface area is 114 Å². The number of nitrogens with zero attached hydrogens (tertiary/aromatic N) is 1. The molecule has 2 rings (SSSR count). The van der Waals surface area contributed by atoms with E-state index in [9.17, 15) is 9.59 Å². The van der Waals surface area contributed by atoms with Crippen LogP contribution in [0.25, 0.3) is 10.9 Å². The third-order valence-electron chi connectivity index (χ3n) is 2.79. The van der Waals surface area contributed by atoms with Crippen molar-refractivity contribution in [2.45, 2.75) is 19.5 Å². The molecule has 1 aromatic carbocycles. The minimum absolute atomic E-state index is 0.152. The number of amides is 1. The van der Waals surface area contributed by atoms with Gasteiger partial charge in [0.2, 0.25) is 5.91 Å². The number of carbonyl (C=O) groups excluding carboxylic acids is 1. The van der Waals surface area contributed by atoms with Crippen molar-refractivity contribution >= 4 is 34.4 Å². The molecular weight excluding hydrogens is 268 g/mol. The summed E-state index contributed by atoms with van der Waals surface area (Å²) in [4.78, 5) is 22.1. The average Bonchev–Trinajstić information content (AvgIpc) is 2.70. The van der Waals surface area contributed by atoms with Crippen LogP contribution in [0.15, 0.2) is 30.5 Å². The molecule has 2 aromatic rings. The minimum atomic E-state index is -1.07. The first kappa shape index (κ1) is 13.4. The fourth-order valence-electron chi connectivity index (χ4n) is 1.94. The molecule has 19 heavy (non-hydrogen) atoms. The van der Waals surface area contributed by atoms with Crippen molar-refractivity contribution in [3.8, 4) is 0 Å². The number of rotatable bonds is 4. The Balaban J connectivity index is 2.31. The monoisotopic (exact) mass is 280 g/mol. The highest BCUT2D eigenvalue weighted by Gasteiger charge is 2.19. The third-order valence-corrected chi connectivity index (χ3v) is 3.03. The van der Waals surface area contributed by atoms with Gasteiger partial charge in [0.25, 0.3) is 0 Å². The molecule has 0 bridgehead atoms. The molecule has 0 saturated heterocycles. The molecular formula is C13H13ClN2O3. The van der Waals surface area contributed by atoms with Gasteiger partial charge in [0.1, 0.15) is 6.04 Å². The summed E-state index contributed by atoms with van der Waals surface area (Å²) in [7, 11) is 0. The van der Waals surface area contributed by atoms with E-state index in [0.29, 0.717) is 5.02 Å². The van der Waals surface area contributed by atoms with Crippen molar-refractivity contribution < 1.29 is 14.7 Å². The fraction of sp³-hybridized carbons (Fsp3) is 0.231. The van der Waals surface area contributed by atoms with E-state index in [1.165, 1.54) is 6.92 Å². The van der Waals surface area contributed by atoms with E-state index in [-0.39, 0.29) is 12.5 Å². The lowest BCUT2D eigenvalue weighted by atomic mass is 10.2. The summed E-state index contributed by atoms with van der Waals surface area (Å²) in [6, 6.07) is 6.31. The Morgan fingerprint density at radius 3 is 2.79 bits per heavy atom. The van der Waals surface area contributed by atoms with Crippen LogP contribution in [0.2, 0.25) is 5.02 Å². The van der Waals surface area contributed by atoms with Crippen molar-refractivity contribution in [2.75, 3.05) is 0 Å². The molecule has 6 heteroatoms. The number of carbonyl (C=O) groups is 2. The van der Waals surface area contributed by atoms with Gasteiger partial charge in [-0.25, -0.2) is 4.79 Å². The zero-order valence-corrected chi connectivity index (χ0v) is 11.0. The molecule has 0 fully saturated rings. The van der Waals surface area contributed by atoms with Crippen molar-refractivity contribution in [2.24, 2.45) is 0 Å². The molecule has 5 nitrogen and oxygen atoms in total. The van der Waals surface area contributed by atoms with Crippen molar-refractivity contribution in [1.82, 2.24) is 9.88 Å². The lowest BCUT2D eigenvalue weighted by Crippen LogP contribution is -2.42.